The predicted molar refractivity (Wildman–Crippen MR) is 287 cm³/mol. The molecule has 0 unspecified atom stereocenters. The molecule has 71 heavy (non-hydrogen) atoms. The first-order valence-electron chi connectivity index (χ1n) is 17.5. The number of terminal acetylenes is 1. The Morgan fingerprint density at radius 2 is 0.183 bits per heavy atom. The molecule has 0 bridgehead atoms. The van der Waals surface area contributed by atoms with Crippen molar-refractivity contribution >= 4 is 22.6 Å². The highest BCUT2D eigenvalue weighted by Gasteiger charge is 1.64. The van der Waals surface area contributed by atoms with Crippen LogP contribution in [-0.4, -0.2) is 0 Å². The lowest BCUT2D eigenvalue weighted by Gasteiger charge is -1.57. The Hall–Kier alpha value is -14.7. The fourth-order valence-corrected chi connectivity index (χ4v) is 2.23. The Kier molecular flexibility index (Phi) is 43.9. The molecule has 0 aromatic carbocycles. The first-order valence-corrected chi connectivity index (χ1v) is 18.6. The van der Waals surface area contributed by atoms with Crippen LogP contribution >= 0.6 is 22.6 Å². The monoisotopic (exact) mass is 968 g/mol. The third-order valence-electron chi connectivity index (χ3n) is 4.24. The van der Waals surface area contributed by atoms with Crippen LogP contribution in [0.3, 0.4) is 0 Å². The van der Waals surface area contributed by atoms with Crippen LogP contribution in [0.15, 0.2) is 0 Å². The second-order valence-corrected chi connectivity index (χ2v) is 9.15. The number of rotatable bonds is 0. The molecule has 0 aliphatic heterocycles. The molecule has 0 nitrogen and oxygen atoms in total. The fraction of sp³-hybridized carbons (Fsp3) is 0. The molecule has 0 heterocycles. The van der Waals surface area contributed by atoms with Crippen molar-refractivity contribution in [3.63, 3.8) is 0 Å². The zero-order valence-electron chi connectivity index (χ0n) is 35.5. The largest absolute Gasteiger partial charge is 0.106 e. The van der Waals surface area contributed by atoms with Crippen LogP contribution in [-0.2, 0) is 0 Å². The Labute approximate surface area is 432 Å². The average Bonchev–Trinajstić information content (AvgIpc) is 3.38. The summed E-state index contributed by atoms with van der Waals surface area (Å²) in [6, 6.07) is 0. The maximum Gasteiger partial charge on any atom is 0.0192 e. The highest BCUT2D eigenvalue weighted by molar-refractivity contribution is 14.1. The van der Waals surface area contributed by atoms with Gasteiger partial charge in [-0.15, -0.1) is 6.42 Å². The van der Waals surface area contributed by atoms with Crippen LogP contribution < -0.4 is 0 Å². The lowest BCUT2D eigenvalue weighted by molar-refractivity contribution is 2.31. The van der Waals surface area contributed by atoms with Gasteiger partial charge in [0.05, 0.1) is 0 Å². The van der Waals surface area contributed by atoms with Crippen molar-refractivity contribution in [3.8, 4) is 413 Å². The molecule has 288 valence electrons. The zero-order chi connectivity index (χ0) is 50.8. The minimum Gasteiger partial charge on any atom is -0.106 e. The van der Waals surface area contributed by atoms with E-state index in [1.807, 2.05) is 22.6 Å². The van der Waals surface area contributed by atoms with Crippen LogP contribution in [0.2, 0.25) is 0 Å². The van der Waals surface area contributed by atoms with Crippen molar-refractivity contribution in [2.75, 3.05) is 0 Å². The van der Waals surface area contributed by atoms with E-state index in [1.54, 1.807) is 0 Å². The molecule has 0 amide bonds. The van der Waals surface area contributed by atoms with E-state index in [2.05, 4.69) is 407 Å². The fourth-order valence-electron chi connectivity index (χ4n) is 2.09. The van der Waals surface area contributed by atoms with Crippen LogP contribution in [0.1, 0.15) is 0 Å². The second kappa shape index (κ2) is 55.3. The molecule has 0 aliphatic rings. The minimum absolute atomic E-state index is 1.88. The third kappa shape index (κ3) is 55.3. The maximum atomic E-state index is 4.95. The number of hydrogen-bond acceptors (Lipinski definition) is 0. The number of hydrogen-bond donors (Lipinski definition) is 0. The summed E-state index contributed by atoms with van der Waals surface area (Å²) in [7, 11) is 0. The van der Waals surface area contributed by atoms with Gasteiger partial charge in [-0.25, -0.2) is 0 Å². The van der Waals surface area contributed by atoms with Crippen molar-refractivity contribution in [1.82, 2.24) is 0 Å². The Morgan fingerprint density at radius 3 is 0.254 bits per heavy atom. The van der Waals surface area contributed by atoms with Crippen LogP contribution in [0.4, 0.5) is 0 Å². The molecule has 0 spiro atoms. The van der Waals surface area contributed by atoms with E-state index in [-0.39, 0.29) is 0 Å². The van der Waals surface area contributed by atoms with Gasteiger partial charge in [-0.3, -0.25) is 0 Å². The van der Waals surface area contributed by atoms with Gasteiger partial charge in [0.15, 0.2) is 0 Å². The van der Waals surface area contributed by atoms with E-state index < -0.39 is 0 Å². The Morgan fingerprint density at radius 1 is 0.113 bits per heavy atom. The van der Waals surface area contributed by atoms with Gasteiger partial charge < -0.3 is 0 Å². The van der Waals surface area contributed by atoms with Crippen LogP contribution in [0.25, 0.3) is 0 Å². The molecule has 0 fully saturated rings. The summed E-state index contributed by atoms with van der Waals surface area (Å²) in [6.07, 6.45) is 4.95. The van der Waals surface area contributed by atoms with Gasteiger partial charge in [0.25, 0.3) is 0 Å². The molecule has 0 aliphatic carbocycles. The molecule has 0 aromatic heterocycles. The van der Waals surface area contributed by atoms with E-state index in [4.69, 9.17) is 6.42 Å². The van der Waals surface area contributed by atoms with Gasteiger partial charge in [-0.2, -0.15) is 0 Å². The third-order valence-corrected chi connectivity index (χ3v) is 4.51. The van der Waals surface area contributed by atoms with Crippen LogP contribution in [0.5, 0.6) is 0 Å². The van der Waals surface area contributed by atoms with Gasteiger partial charge in [-0.05, 0) is 98.7 Å². The van der Waals surface area contributed by atoms with Gasteiger partial charge in [0, 0.05) is 330 Å². The predicted octanol–water partition coefficient (Wildman–Crippen LogP) is 1.13. The molecule has 0 saturated carbocycles. The lowest BCUT2D eigenvalue weighted by atomic mass is 10.4. The quantitative estimate of drug-likeness (QED) is 0.253. The highest BCUT2D eigenvalue weighted by atomic mass is 127. The molecule has 0 atom stereocenters. The maximum absolute atomic E-state index is 4.95. The van der Waals surface area contributed by atoms with E-state index in [0.29, 0.717) is 0 Å². The molecular formula is C70HI. The molecule has 0 N–H and O–H groups in total. The van der Waals surface area contributed by atoms with Crippen molar-refractivity contribution < 1.29 is 0 Å². The first kappa shape index (κ1) is 56.3. The molecule has 0 aromatic rings. The molecule has 0 radical (unpaired) electrons. The topological polar surface area (TPSA) is 0 Å². The zero-order valence-corrected chi connectivity index (χ0v) is 37.6. The number of halogens is 1. The summed E-state index contributed by atoms with van der Waals surface area (Å²) in [5.74, 6) is 169. The summed E-state index contributed by atoms with van der Waals surface area (Å²) in [6.45, 7) is 0. The Balaban J connectivity index is 4.60. The lowest BCUT2D eigenvalue weighted by Crippen LogP contribution is -1.57. The normalized spacial score (nSPS) is 3.94. The highest BCUT2D eigenvalue weighted by Crippen LogP contribution is 1.68. The summed E-state index contributed by atoms with van der Waals surface area (Å²) >= 11 is 1.88. The SMILES string of the molecule is C#CC#CC#CC#CC#CC#CC#CC#CC#CC#CC#CC#CC#CC#CC#CC#CC#CC#CC#CC#CC#CC#CC#CC#CC#CC#CC#CC#CC#CC#CC#CC#CC#CC#CC#CI. The summed E-state index contributed by atoms with van der Waals surface area (Å²) in [5.41, 5.74) is 0. The van der Waals surface area contributed by atoms with Gasteiger partial charge in [0.1, 0.15) is 0 Å². The van der Waals surface area contributed by atoms with Gasteiger partial charge in [0.2, 0.25) is 0 Å². The molecule has 0 saturated heterocycles. The molecule has 1 heteroatoms. The standard InChI is InChI=1S/C70HI/c1-2-3-4-5-6-7-8-9-10-11-12-13-14-15-16-17-18-19-20-21-22-23-24-25-26-27-28-29-30-31-32-33-34-35-36-37-38-39-40-41-42-43-44-45-46-47-48-49-50-51-52-53-54-55-56-57-58-59-60-61-62-63-64-65-66-67-68-69-70-71/h1H. The first-order chi connectivity index (χ1) is 35.4. The van der Waals surface area contributed by atoms with E-state index in [0.717, 1.165) is 0 Å². The van der Waals surface area contributed by atoms with E-state index in [9.17, 15) is 0 Å². The minimum atomic E-state index is 1.88. The van der Waals surface area contributed by atoms with Crippen molar-refractivity contribution in [2.45, 2.75) is 0 Å². The van der Waals surface area contributed by atoms with Gasteiger partial charge >= 0.3 is 0 Å². The molecule has 0 rings (SSSR count). The molecular weight excluding hydrogens is 968 g/mol. The summed E-state index contributed by atoms with van der Waals surface area (Å²) in [5, 5.41) is 0. The Bertz CT molecular complexity index is 4680. The summed E-state index contributed by atoms with van der Waals surface area (Å²) in [4.78, 5) is 0. The summed E-state index contributed by atoms with van der Waals surface area (Å²) < 4.78 is 2.59. The van der Waals surface area contributed by atoms with Crippen molar-refractivity contribution in [3.05, 3.63) is 0 Å². The van der Waals surface area contributed by atoms with Crippen molar-refractivity contribution in [1.29, 1.82) is 0 Å². The van der Waals surface area contributed by atoms with E-state index in [1.165, 1.54) is 0 Å². The average molecular weight is 969 g/mol. The van der Waals surface area contributed by atoms with E-state index >= 15 is 0 Å². The van der Waals surface area contributed by atoms with Crippen LogP contribution in [0, 0.1) is 413 Å². The van der Waals surface area contributed by atoms with Crippen molar-refractivity contribution in [2.24, 2.45) is 0 Å². The smallest absolute Gasteiger partial charge is 0.0192 e. The van der Waals surface area contributed by atoms with Gasteiger partial charge in [-0.1, -0.05) is 0 Å². The second-order valence-electron chi connectivity index (χ2n) is 8.61.